The molecule has 0 bridgehead atoms. The van der Waals surface area contributed by atoms with Gasteiger partial charge in [0.15, 0.2) is 0 Å². The molecule has 0 aromatic carbocycles. The Bertz CT molecular complexity index is 182. The topological polar surface area (TPSA) is 40.5 Å². The molecule has 0 saturated carbocycles. The molecule has 0 aromatic rings. The minimum atomic E-state index is -0.308. The van der Waals surface area contributed by atoms with Gasteiger partial charge >= 0.3 is 0 Å². The van der Waals surface area contributed by atoms with Crippen LogP contribution in [0.3, 0.4) is 0 Å². The summed E-state index contributed by atoms with van der Waals surface area (Å²) < 4.78 is 0. The van der Waals surface area contributed by atoms with E-state index in [4.69, 9.17) is 0 Å². The van der Waals surface area contributed by atoms with Gasteiger partial charge in [0.05, 0.1) is 6.10 Å². The predicted octanol–water partition coefficient (Wildman–Crippen LogP) is 1.16. The third kappa shape index (κ3) is 2.69. The Morgan fingerprint density at radius 3 is 2.85 bits per heavy atom. The molecular formula is C10H19NO2. The number of aliphatic hydroxyl groups is 1. The molecule has 0 aromatic heterocycles. The monoisotopic (exact) mass is 185 g/mol. The van der Waals surface area contributed by atoms with Crippen molar-refractivity contribution in [3.05, 3.63) is 0 Å². The highest BCUT2D eigenvalue weighted by molar-refractivity contribution is 5.76. The summed E-state index contributed by atoms with van der Waals surface area (Å²) in [6.07, 6.45) is 2.94. The zero-order valence-corrected chi connectivity index (χ0v) is 8.49. The average molecular weight is 185 g/mol. The summed E-state index contributed by atoms with van der Waals surface area (Å²) in [5.74, 6) is 0.189. The second kappa shape index (κ2) is 4.61. The summed E-state index contributed by atoms with van der Waals surface area (Å²) >= 11 is 0. The van der Waals surface area contributed by atoms with Gasteiger partial charge in [0.1, 0.15) is 0 Å². The molecule has 2 atom stereocenters. The van der Waals surface area contributed by atoms with Crippen LogP contribution in [0.2, 0.25) is 0 Å². The van der Waals surface area contributed by atoms with E-state index in [0.717, 1.165) is 19.3 Å². The number of β-amino-alcohol motifs (C(OH)–C–C–N with tert-alkyl or cyclic N) is 1. The van der Waals surface area contributed by atoms with Crippen LogP contribution in [0.25, 0.3) is 0 Å². The first-order valence-electron chi connectivity index (χ1n) is 5.12. The summed E-state index contributed by atoms with van der Waals surface area (Å²) in [4.78, 5) is 13.4. The number of hydrogen-bond acceptors (Lipinski definition) is 2. The summed E-state index contributed by atoms with van der Waals surface area (Å²) in [6.45, 7) is 4.59. The molecule has 1 aliphatic heterocycles. The van der Waals surface area contributed by atoms with E-state index in [2.05, 4.69) is 6.92 Å². The molecule has 1 fully saturated rings. The number of piperidine rings is 1. The third-order valence-corrected chi connectivity index (χ3v) is 2.64. The zero-order valence-electron chi connectivity index (χ0n) is 8.49. The lowest BCUT2D eigenvalue weighted by molar-refractivity contribution is -0.137. The van der Waals surface area contributed by atoms with Crippen LogP contribution in [0.4, 0.5) is 0 Å². The lowest BCUT2D eigenvalue weighted by atomic mass is 10.0. The van der Waals surface area contributed by atoms with Crippen molar-refractivity contribution in [3.8, 4) is 0 Å². The van der Waals surface area contributed by atoms with Crippen LogP contribution in [-0.2, 0) is 4.79 Å². The Kier molecular flexibility index (Phi) is 3.72. The lowest BCUT2D eigenvalue weighted by Gasteiger charge is -2.36. The number of aliphatic hydroxyl groups excluding tert-OH is 1. The SMILES string of the molecule is CCCC(=O)N1CC(O)CCC1C. The van der Waals surface area contributed by atoms with Crippen molar-refractivity contribution >= 4 is 5.91 Å². The maximum atomic E-state index is 11.6. The second-order valence-electron chi connectivity index (χ2n) is 3.88. The van der Waals surface area contributed by atoms with E-state index in [-0.39, 0.29) is 12.0 Å². The first-order valence-corrected chi connectivity index (χ1v) is 5.12. The van der Waals surface area contributed by atoms with Crippen molar-refractivity contribution in [1.82, 2.24) is 4.90 Å². The highest BCUT2D eigenvalue weighted by atomic mass is 16.3. The zero-order chi connectivity index (χ0) is 9.84. The molecule has 1 N–H and O–H groups in total. The van der Waals surface area contributed by atoms with Crippen molar-refractivity contribution in [2.75, 3.05) is 6.54 Å². The molecular weight excluding hydrogens is 166 g/mol. The molecule has 76 valence electrons. The highest BCUT2D eigenvalue weighted by Crippen LogP contribution is 2.18. The fourth-order valence-electron chi connectivity index (χ4n) is 1.79. The van der Waals surface area contributed by atoms with Gasteiger partial charge in [-0.15, -0.1) is 0 Å². The van der Waals surface area contributed by atoms with Gasteiger partial charge in [-0.1, -0.05) is 6.92 Å². The summed E-state index contributed by atoms with van der Waals surface area (Å²) in [6, 6.07) is 0.308. The number of hydrogen-bond donors (Lipinski definition) is 1. The van der Waals surface area contributed by atoms with Crippen LogP contribution >= 0.6 is 0 Å². The minimum absolute atomic E-state index is 0.189. The van der Waals surface area contributed by atoms with E-state index in [1.807, 2.05) is 11.8 Å². The van der Waals surface area contributed by atoms with E-state index in [1.54, 1.807) is 0 Å². The first kappa shape index (κ1) is 10.5. The van der Waals surface area contributed by atoms with Gasteiger partial charge in [-0.05, 0) is 26.2 Å². The van der Waals surface area contributed by atoms with Crippen LogP contribution in [0.1, 0.15) is 39.5 Å². The average Bonchev–Trinajstić information content (AvgIpc) is 2.09. The molecule has 1 amide bonds. The number of carbonyl (C=O) groups excluding carboxylic acids is 1. The second-order valence-corrected chi connectivity index (χ2v) is 3.88. The van der Waals surface area contributed by atoms with E-state index in [0.29, 0.717) is 19.0 Å². The van der Waals surface area contributed by atoms with E-state index >= 15 is 0 Å². The summed E-state index contributed by atoms with van der Waals surface area (Å²) in [5, 5.41) is 9.42. The molecule has 3 nitrogen and oxygen atoms in total. The molecule has 1 rings (SSSR count). The number of carbonyl (C=O) groups is 1. The van der Waals surface area contributed by atoms with Crippen LogP contribution in [0, 0.1) is 0 Å². The van der Waals surface area contributed by atoms with Crippen LogP contribution in [0.15, 0.2) is 0 Å². The molecule has 1 aliphatic rings. The van der Waals surface area contributed by atoms with Gasteiger partial charge in [-0.25, -0.2) is 0 Å². The van der Waals surface area contributed by atoms with Crippen molar-refractivity contribution in [3.63, 3.8) is 0 Å². The van der Waals surface area contributed by atoms with Crippen LogP contribution < -0.4 is 0 Å². The number of amides is 1. The third-order valence-electron chi connectivity index (χ3n) is 2.64. The quantitative estimate of drug-likeness (QED) is 0.701. The number of likely N-dealkylation sites (tertiary alicyclic amines) is 1. The van der Waals surface area contributed by atoms with Gasteiger partial charge in [-0.3, -0.25) is 4.79 Å². The summed E-state index contributed by atoms with van der Waals surface area (Å²) in [5.41, 5.74) is 0. The molecule has 0 spiro atoms. The predicted molar refractivity (Wildman–Crippen MR) is 51.3 cm³/mol. The Morgan fingerprint density at radius 1 is 1.54 bits per heavy atom. The van der Waals surface area contributed by atoms with Gasteiger partial charge in [0.25, 0.3) is 0 Å². The normalized spacial score (nSPS) is 29.0. The van der Waals surface area contributed by atoms with E-state index in [9.17, 15) is 9.90 Å². The van der Waals surface area contributed by atoms with Crippen molar-refractivity contribution in [2.45, 2.75) is 51.7 Å². The van der Waals surface area contributed by atoms with E-state index in [1.165, 1.54) is 0 Å². The molecule has 1 saturated heterocycles. The highest BCUT2D eigenvalue weighted by Gasteiger charge is 2.26. The molecule has 0 radical (unpaired) electrons. The maximum absolute atomic E-state index is 11.6. The smallest absolute Gasteiger partial charge is 0.222 e. The maximum Gasteiger partial charge on any atom is 0.222 e. The molecule has 3 heteroatoms. The Labute approximate surface area is 79.7 Å². The van der Waals surface area contributed by atoms with Crippen molar-refractivity contribution < 1.29 is 9.90 Å². The minimum Gasteiger partial charge on any atom is -0.391 e. The van der Waals surface area contributed by atoms with Crippen LogP contribution in [0.5, 0.6) is 0 Å². The molecule has 13 heavy (non-hydrogen) atoms. The van der Waals surface area contributed by atoms with Crippen molar-refractivity contribution in [2.24, 2.45) is 0 Å². The first-order chi connectivity index (χ1) is 6.15. The van der Waals surface area contributed by atoms with Gasteiger partial charge < -0.3 is 10.0 Å². The Balaban J connectivity index is 2.50. The molecule has 1 heterocycles. The van der Waals surface area contributed by atoms with Crippen LogP contribution in [-0.4, -0.2) is 34.6 Å². The standard InChI is InChI=1S/C10H19NO2/c1-3-4-10(13)11-7-9(12)6-5-8(11)2/h8-9,12H,3-7H2,1-2H3. The summed E-state index contributed by atoms with van der Waals surface area (Å²) in [7, 11) is 0. The number of nitrogens with zero attached hydrogens (tertiary/aromatic N) is 1. The fourth-order valence-corrected chi connectivity index (χ4v) is 1.79. The van der Waals surface area contributed by atoms with E-state index < -0.39 is 0 Å². The van der Waals surface area contributed by atoms with Gasteiger partial charge in [0.2, 0.25) is 5.91 Å². The van der Waals surface area contributed by atoms with Crippen molar-refractivity contribution in [1.29, 1.82) is 0 Å². The number of rotatable bonds is 2. The largest absolute Gasteiger partial charge is 0.391 e. The molecule has 0 aliphatic carbocycles. The van der Waals surface area contributed by atoms with Gasteiger partial charge in [0, 0.05) is 19.0 Å². The lowest BCUT2D eigenvalue weighted by Crippen LogP contribution is -2.47. The Morgan fingerprint density at radius 2 is 2.23 bits per heavy atom. The fraction of sp³-hybridized carbons (Fsp3) is 0.900. The van der Waals surface area contributed by atoms with Gasteiger partial charge in [-0.2, -0.15) is 0 Å². The Hall–Kier alpha value is -0.570. The molecule has 2 unspecified atom stereocenters.